The van der Waals surface area contributed by atoms with Crippen molar-refractivity contribution < 1.29 is 9.47 Å². The predicted octanol–water partition coefficient (Wildman–Crippen LogP) is 3.85. The highest BCUT2D eigenvalue weighted by Crippen LogP contribution is 2.50. The summed E-state index contributed by atoms with van der Waals surface area (Å²) in [7, 11) is 0. The molecule has 2 aromatic carbocycles. The highest BCUT2D eigenvalue weighted by atomic mass is 16.7. The van der Waals surface area contributed by atoms with E-state index in [0.29, 0.717) is 18.8 Å². The molecular formula is C19H19NO2. The van der Waals surface area contributed by atoms with E-state index < -0.39 is 0 Å². The lowest BCUT2D eigenvalue weighted by molar-refractivity contribution is 0.174. The topological polar surface area (TPSA) is 30.5 Å². The molecule has 3 atom stereocenters. The van der Waals surface area contributed by atoms with Crippen molar-refractivity contribution in [2.75, 3.05) is 13.3 Å². The van der Waals surface area contributed by atoms with Crippen LogP contribution < -0.4 is 14.8 Å². The molecule has 2 aliphatic heterocycles. The molecule has 1 saturated heterocycles. The van der Waals surface area contributed by atoms with Gasteiger partial charge in [0.2, 0.25) is 6.79 Å². The van der Waals surface area contributed by atoms with Gasteiger partial charge in [-0.15, -0.1) is 0 Å². The van der Waals surface area contributed by atoms with Crippen molar-refractivity contribution in [1.29, 1.82) is 0 Å². The first kappa shape index (κ1) is 12.5. The molecule has 0 spiro atoms. The summed E-state index contributed by atoms with van der Waals surface area (Å²) in [5, 5.41) is 3.69. The van der Waals surface area contributed by atoms with Crippen LogP contribution >= 0.6 is 0 Å². The fraction of sp³-hybridized carbons (Fsp3) is 0.368. The number of piperidine rings is 1. The summed E-state index contributed by atoms with van der Waals surface area (Å²) in [4.78, 5) is 0. The van der Waals surface area contributed by atoms with Crippen LogP contribution in [0.2, 0.25) is 0 Å². The number of nitrogens with one attached hydrogen (secondary N) is 1. The van der Waals surface area contributed by atoms with Gasteiger partial charge < -0.3 is 14.8 Å². The zero-order valence-electron chi connectivity index (χ0n) is 12.6. The first-order chi connectivity index (χ1) is 10.8. The maximum absolute atomic E-state index is 5.51. The van der Waals surface area contributed by atoms with E-state index >= 15 is 0 Å². The fourth-order valence-electron chi connectivity index (χ4n) is 4.34. The zero-order valence-corrected chi connectivity index (χ0v) is 12.6. The Morgan fingerprint density at radius 1 is 0.955 bits per heavy atom. The number of rotatable bonds is 1. The van der Waals surface area contributed by atoms with Gasteiger partial charge in [0.15, 0.2) is 11.5 Å². The molecule has 1 aliphatic carbocycles. The second-order valence-electron chi connectivity index (χ2n) is 6.60. The number of hydrogen-bond acceptors (Lipinski definition) is 3. The molecule has 3 aliphatic rings. The molecule has 2 heterocycles. The monoisotopic (exact) mass is 293 g/mol. The first-order valence-electron chi connectivity index (χ1n) is 8.08. The van der Waals surface area contributed by atoms with Gasteiger partial charge in [-0.3, -0.25) is 0 Å². The maximum Gasteiger partial charge on any atom is 0.231 e. The van der Waals surface area contributed by atoms with Gasteiger partial charge >= 0.3 is 0 Å². The van der Waals surface area contributed by atoms with E-state index in [1.165, 1.54) is 23.1 Å². The Hall–Kier alpha value is -2.00. The second kappa shape index (κ2) is 4.50. The van der Waals surface area contributed by atoms with Gasteiger partial charge in [0.1, 0.15) is 0 Å². The van der Waals surface area contributed by atoms with Crippen molar-refractivity contribution in [3.8, 4) is 22.6 Å². The maximum atomic E-state index is 5.51. The largest absolute Gasteiger partial charge is 0.454 e. The quantitative estimate of drug-likeness (QED) is 0.866. The molecule has 0 aromatic heterocycles. The van der Waals surface area contributed by atoms with Crippen molar-refractivity contribution in [2.45, 2.75) is 25.3 Å². The van der Waals surface area contributed by atoms with Crippen LogP contribution in [0, 0.1) is 5.92 Å². The van der Waals surface area contributed by atoms with Gasteiger partial charge in [-0.05, 0) is 65.3 Å². The number of hydrogen-bond donors (Lipinski definition) is 1. The molecule has 0 amide bonds. The fourth-order valence-corrected chi connectivity index (χ4v) is 4.34. The van der Waals surface area contributed by atoms with E-state index in [4.69, 9.17) is 9.47 Å². The first-order valence-corrected chi connectivity index (χ1v) is 8.08. The normalized spacial score (nSPS) is 27.8. The lowest BCUT2D eigenvalue weighted by Crippen LogP contribution is -2.31. The average Bonchev–Trinajstić information content (AvgIpc) is 3.05. The Morgan fingerprint density at radius 2 is 1.77 bits per heavy atom. The summed E-state index contributed by atoms with van der Waals surface area (Å²) in [5.41, 5.74) is 5.50. The van der Waals surface area contributed by atoms with Gasteiger partial charge in [0.05, 0.1) is 0 Å². The predicted molar refractivity (Wildman–Crippen MR) is 85.3 cm³/mol. The van der Waals surface area contributed by atoms with Crippen molar-refractivity contribution in [2.24, 2.45) is 5.92 Å². The number of ether oxygens (including phenoxy) is 2. The van der Waals surface area contributed by atoms with Crippen LogP contribution in [0.15, 0.2) is 36.4 Å². The molecule has 0 radical (unpaired) electrons. The standard InChI is InChI=1S/C19H19NO2/c1-11-14-6-7-20-19(11)16-8-12(2-4-15(14)16)13-3-5-17-18(9-13)22-10-21-17/h2-5,8-9,11,14,19-20H,6-7,10H2,1H3/t11-,14?,19?/m0/s1. The smallest absolute Gasteiger partial charge is 0.231 e. The highest BCUT2D eigenvalue weighted by Gasteiger charge is 2.40. The van der Waals surface area contributed by atoms with Crippen LogP contribution in [0.5, 0.6) is 11.5 Å². The molecule has 2 bridgehead atoms. The molecule has 2 aromatic rings. The van der Waals surface area contributed by atoms with Gasteiger partial charge in [0, 0.05) is 6.04 Å². The van der Waals surface area contributed by atoms with Gasteiger partial charge in [-0.2, -0.15) is 0 Å². The summed E-state index contributed by atoms with van der Waals surface area (Å²) < 4.78 is 10.9. The SMILES string of the molecule is C[C@H]1C2CCNC1c1cc(-c3ccc4c(c3)OCO4)ccc12. The van der Waals surface area contributed by atoms with E-state index in [-0.39, 0.29) is 0 Å². The van der Waals surface area contributed by atoms with Gasteiger partial charge in [-0.1, -0.05) is 25.1 Å². The molecule has 1 fully saturated rings. The molecular weight excluding hydrogens is 274 g/mol. The Bertz CT molecular complexity index is 755. The molecule has 22 heavy (non-hydrogen) atoms. The van der Waals surface area contributed by atoms with E-state index in [1.807, 2.05) is 6.07 Å². The summed E-state index contributed by atoms with van der Waals surface area (Å²) in [6, 6.07) is 13.7. The van der Waals surface area contributed by atoms with Gasteiger partial charge in [0.25, 0.3) is 0 Å². The van der Waals surface area contributed by atoms with Crippen molar-refractivity contribution >= 4 is 0 Å². The summed E-state index contributed by atoms with van der Waals surface area (Å²) in [6.07, 6.45) is 1.26. The summed E-state index contributed by atoms with van der Waals surface area (Å²) in [5.74, 6) is 3.13. The zero-order chi connectivity index (χ0) is 14.7. The highest BCUT2D eigenvalue weighted by molar-refractivity contribution is 5.69. The molecule has 2 unspecified atom stereocenters. The van der Waals surface area contributed by atoms with Crippen LogP contribution in [0.4, 0.5) is 0 Å². The number of benzene rings is 2. The van der Waals surface area contributed by atoms with Crippen LogP contribution in [-0.4, -0.2) is 13.3 Å². The van der Waals surface area contributed by atoms with Crippen LogP contribution in [0.1, 0.15) is 36.4 Å². The molecule has 3 nitrogen and oxygen atoms in total. The molecule has 5 rings (SSSR count). The Balaban J connectivity index is 1.59. The van der Waals surface area contributed by atoms with Crippen LogP contribution in [0.25, 0.3) is 11.1 Å². The minimum atomic E-state index is 0.328. The third kappa shape index (κ3) is 1.66. The van der Waals surface area contributed by atoms with Crippen LogP contribution in [-0.2, 0) is 0 Å². The van der Waals surface area contributed by atoms with Crippen LogP contribution in [0.3, 0.4) is 0 Å². The Morgan fingerprint density at radius 3 is 2.73 bits per heavy atom. The van der Waals surface area contributed by atoms with Crippen molar-refractivity contribution in [1.82, 2.24) is 5.32 Å². The average molecular weight is 293 g/mol. The lowest BCUT2D eigenvalue weighted by atomic mass is 9.87. The third-order valence-corrected chi connectivity index (χ3v) is 5.51. The van der Waals surface area contributed by atoms with E-state index in [0.717, 1.165) is 24.0 Å². The molecule has 1 N–H and O–H groups in total. The van der Waals surface area contributed by atoms with E-state index in [2.05, 4.69) is 42.6 Å². The molecule has 0 saturated carbocycles. The number of fused-ring (bicyclic) bond motifs is 6. The second-order valence-corrected chi connectivity index (χ2v) is 6.60. The summed E-state index contributed by atoms with van der Waals surface area (Å²) in [6.45, 7) is 3.84. The van der Waals surface area contributed by atoms with E-state index in [9.17, 15) is 0 Å². The Labute approximate surface area is 130 Å². The van der Waals surface area contributed by atoms with Crippen molar-refractivity contribution in [3.05, 3.63) is 47.5 Å². The minimum Gasteiger partial charge on any atom is -0.454 e. The molecule has 3 heteroatoms. The molecule has 112 valence electrons. The minimum absolute atomic E-state index is 0.328. The van der Waals surface area contributed by atoms with Crippen molar-refractivity contribution in [3.63, 3.8) is 0 Å². The van der Waals surface area contributed by atoms with Gasteiger partial charge in [-0.25, -0.2) is 0 Å². The summed E-state index contributed by atoms with van der Waals surface area (Å²) >= 11 is 0. The lowest BCUT2D eigenvalue weighted by Gasteiger charge is -2.28. The Kier molecular flexibility index (Phi) is 2.56. The van der Waals surface area contributed by atoms with E-state index in [1.54, 1.807) is 5.56 Å². The third-order valence-electron chi connectivity index (χ3n) is 5.51.